The first-order valence-corrected chi connectivity index (χ1v) is 13.7. The number of hydrogen-bond donors (Lipinski definition) is 3. The molecule has 0 aromatic heterocycles. The summed E-state index contributed by atoms with van der Waals surface area (Å²) in [5, 5.41) is 9.10. The third-order valence-corrected chi connectivity index (χ3v) is 5.86. The minimum Gasteiger partial charge on any atom is -0.379 e. The van der Waals surface area contributed by atoms with Crippen LogP contribution in [0.15, 0.2) is 40.5 Å². The van der Waals surface area contributed by atoms with Crippen LogP contribution in [-0.2, 0) is 24.4 Å². The lowest BCUT2D eigenvalue weighted by Crippen LogP contribution is -2.45. The first-order valence-electron chi connectivity index (χ1n) is 10.8. The first kappa shape index (κ1) is 26.2. The molecule has 1 aromatic carbocycles. The van der Waals surface area contributed by atoms with Gasteiger partial charge in [0.05, 0.1) is 19.5 Å². The molecule has 0 spiro atoms. The summed E-state index contributed by atoms with van der Waals surface area (Å²) < 4.78 is 31.2. The van der Waals surface area contributed by atoms with Crippen LogP contribution in [-0.4, -0.2) is 91.8 Å². The van der Waals surface area contributed by atoms with Crippen LogP contribution < -0.4 is 10.7 Å². The molecule has 34 heavy (non-hydrogen) atoms. The predicted octanol–water partition coefficient (Wildman–Crippen LogP) is 0.923. The number of thioether (sulfide) groups is 1. The fourth-order valence-electron chi connectivity index (χ4n) is 3.55. The Balaban J connectivity index is 0.000000588. The number of ether oxygens (including phenoxy) is 1. The van der Waals surface area contributed by atoms with Gasteiger partial charge in [-0.2, -0.15) is 13.5 Å². The van der Waals surface area contributed by atoms with Crippen molar-refractivity contribution < 1.29 is 27.3 Å². The normalized spacial score (nSPS) is 18.5. The highest BCUT2D eigenvalue weighted by molar-refractivity contribution is 8.02. The molecular formula is C21H29N5O6S2. The topological polar surface area (TPSA) is 141 Å². The fraction of sp³-hybridized carbons (Fsp3) is 0.476. The molecule has 0 unspecified atom stereocenters. The van der Waals surface area contributed by atoms with Gasteiger partial charge in [0.2, 0.25) is 5.91 Å². The van der Waals surface area contributed by atoms with E-state index in [2.05, 4.69) is 20.7 Å². The number of benzene rings is 1. The molecule has 3 aliphatic heterocycles. The average molecular weight is 512 g/mol. The number of carbonyl (C=O) groups is 2. The Kier molecular flexibility index (Phi) is 9.47. The number of morpholine rings is 1. The van der Waals surface area contributed by atoms with E-state index in [9.17, 15) is 18.0 Å². The lowest BCUT2D eigenvalue weighted by atomic mass is 10.1. The van der Waals surface area contributed by atoms with Crippen molar-refractivity contribution in [3.63, 3.8) is 0 Å². The largest absolute Gasteiger partial charge is 0.379 e. The lowest BCUT2D eigenvalue weighted by molar-refractivity contribution is -0.119. The SMILES string of the molecule is CS(=O)(=O)O.O=C(CCCN1CCOCC1)Nc1cccc(C2=NNC(=O)C3=CSCCN32)c1. The van der Waals surface area contributed by atoms with Crippen LogP contribution in [0, 0.1) is 0 Å². The zero-order valence-corrected chi connectivity index (χ0v) is 20.5. The zero-order chi connectivity index (χ0) is 24.6. The number of nitrogens with zero attached hydrogens (tertiary/aromatic N) is 3. The summed E-state index contributed by atoms with van der Waals surface area (Å²) in [5.74, 6) is 1.41. The molecule has 1 aromatic rings. The number of amides is 2. The van der Waals surface area contributed by atoms with Crippen molar-refractivity contribution in [1.82, 2.24) is 15.2 Å². The third-order valence-electron chi connectivity index (χ3n) is 5.06. The van der Waals surface area contributed by atoms with Gasteiger partial charge in [0.25, 0.3) is 16.0 Å². The Morgan fingerprint density at radius 2 is 2.03 bits per heavy atom. The van der Waals surface area contributed by atoms with Crippen LogP contribution in [0.4, 0.5) is 5.69 Å². The maximum atomic E-state index is 12.3. The second-order valence-electron chi connectivity index (χ2n) is 7.82. The van der Waals surface area contributed by atoms with E-state index >= 15 is 0 Å². The van der Waals surface area contributed by atoms with E-state index in [4.69, 9.17) is 9.29 Å². The molecule has 3 aliphatic rings. The van der Waals surface area contributed by atoms with Crippen molar-refractivity contribution in [1.29, 1.82) is 0 Å². The number of hydrazone groups is 1. The Morgan fingerprint density at radius 1 is 1.29 bits per heavy atom. The minimum atomic E-state index is -3.67. The first-order chi connectivity index (χ1) is 16.2. The summed E-state index contributed by atoms with van der Waals surface area (Å²) in [6.07, 6.45) is 2.02. The van der Waals surface area contributed by atoms with Gasteiger partial charge in [0.1, 0.15) is 5.70 Å². The molecule has 1 saturated heterocycles. The number of amidine groups is 1. The molecule has 0 aliphatic carbocycles. The van der Waals surface area contributed by atoms with Gasteiger partial charge in [-0.15, -0.1) is 11.8 Å². The van der Waals surface area contributed by atoms with Crippen molar-refractivity contribution in [2.24, 2.45) is 5.10 Å². The van der Waals surface area contributed by atoms with Gasteiger partial charge < -0.3 is 15.0 Å². The number of anilines is 1. The number of carbonyl (C=O) groups excluding carboxylic acids is 2. The number of hydrogen-bond acceptors (Lipinski definition) is 9. The summed E-state index contributed by atoms with van der Waals surface area (Å²) in [6.45, 7) is 5.06. The van der Waals surface area contributed by atoms with Gasteiger partial charge in [-0.1, -0.05) is 12.1 Å². The predicted molar refractivity (Wildman–Crippen MR) is 131 cm³/mol. The maximum Gasteiger partial charge on any atom is 0.288 e. The average Bonchev–Trinajstić information content (AvgIpc) is 2.79. The highest BCUT2D eigenvalue weighted by Gasteiger charge is 2.29. The number of fused-ring (bicyclic) bond motifs is 1. The van der Waals surface area contributed by atoms with Gasteiger partial charge in [-0.25, -0.2) is 5.43 Å². The fourth-order valence-corrected chi connectivity index (χ4v) is 4.35. The molecular weight excluding hydrogens is 482 g/mol. The maximum absolute atomic E-state index is 12.3. The summed E-state index contributed by atoms with van der Waals surface area (Å²) in [7, 11) is -3.67. The summed E-state index contributed by atoms with van der Waals surface area (Å²) in [6, 6.07) is 7.59. The Hall–Kier alpha value is -2.45. The molecule has 11 nitrogen and oxygen atoms in total. The standard InChI is InChI=1S/C20H25N5O3S.CH4O3S/c26-18(5-2-6-24-7-10-28-11-8-24)21-16-4-1-3-15(13-16)19-22-23-20(27)17-14-29-12-9-25(17)19;1-5(2,3)4/h1,3-4,13-14H,2,5-12H2,(H,21,26)(H,23,27);1H3,(H,2,3,4). The van der Waals surface area contributed by atoms with Gasteiger partial charge in [0.15, 0.2) is 5.84 Å². The Labute approximate surface area is 203 Å². The molecule has 1 fully saturated rings. The van der Waals surface area contributed by atoms with Crippen LogP contribution in [0.25, 0.3) is 0 Å². The monoisotopic (exact) mass is 511 g/mol. The van der Waals surface area contributed by atoms with Crippen molar-refractivity contribution >= 4 is 45.2 Å². The molecule has 3 N–H and O–H groups in total. The van der Waals surface area contributed by atoms with Crippen LogP contribution >= 0.6 is 11.8 Å². The summed E-state index contributed by atoms with van der Waals surface area (Å²) in [5.41, 5.74) is 4.78. The highest BCUT2D eigenvalue weighted by Crippen LogP contribution is 2.25. The molecule has 0 radical (unpaired) electrons. The van der Waals surface area contributed by atoms with E-state index in [0.717, 1.165) is 62.8 Å². The lowest BCUT2D eigenvalue weighted by Gasteiger charge is -2.33. The molecule has 0 atom stereocenters. The second kappa shape index (κ2) is 12.3. The van der Waals surface area contributed by atoms with Gasteiger partial charge in [0, 0.05) is 48.5 Å². The van der Waals surface area contributed by atoms with Crippen molar-refractivity contribution in [2.75, 3.05) is 56.7 Å². The molecule has 3 heterocycles. The molecule has 186 valence electrons. The van der Waals surface area contributed by atoms with Crippen molar-refractivity contribution in [3.05, 3.63) is 40.9 Å². The summed E-state index contributed by atoms with van der Waals surface area (Å²) in [4.78, 5) is 28.6. The van der Waals surface area contributed by atoms with Crippen LogP contribution in [0.5, 0.6) is 0 Å². The number of nitrogens with one attached hydrogen (secondary N) is 2. The molecule has 13 heteroatoms. The van der Waals surface area contributed by atoms with Crippen LogP contribution in [0.1, 0.15) is 18.4 Å². The molecule has 4 rings (SSSR count). The van der Waals surface area contributed by atoms with Crippen molar-refractivity contribution in [3.8, 4) is 0 Å². The van der Waals surface area contributed by atoms with Gasteiger partial charge >= 0.3 is 0 Å². The molecule has 0 bridgehead atoms. The van der Waals surface area contributed by atoms with E-state index in [0.29, 0.717) is 24.2 Å². The van der Waals surface area contributed by atoms with E-state index in [1.54, 1.807) is 11.8 Å². The minimum absolute atomic E-state index is 0.00394. The highest BCUT2D eigenvalue weighted by atomic mass is 32.2. The van der Waals surface area contributed by atoms with Crippen LogP contribution in [0.2, 0.25) is 0 Å². The smallest absolute Gasteiger partial charge is 0.288 e. The quantitative estimate of drug-likeness (QED) is 0.476. The molecule has 0 saturated carbocycles. The van der Waals surface area contributed by atoms with Gasteiger partial charge in [-0.05, 0) is 25.1 Å². The summed E-state index contributed by atoms with van der Waals surface area (Å²) >= 11 is 1.62. The van der Waals surface area contributed by atoms with E-state index < -0.39 is 10.1 Å². The third kappa shape index (κ3) is 8.40. The Morgan fingerprint density at radius 3 is 2.76 bits per heavy atom. The van der Waals surface area contributed by atoms with E-state index in [1.165, 1.54) is 0 Å². The van der Waals surface area contributed by atoms with Crippen molar-refractivity contribution in [2.45, 2.75) is 12.8 Å². The number of rotatable bonds is 6. The van der Waals surface area contributed by atoms with Gasteiger partial charge in [-0.3, -0.25) is 19.0 Å². The van der Waals surface area contributed by atoms with E-state index in [-0.39, 0.29) is 11.8 Å². The second-order valence-corrected chi connectivity index (χ2v) is 10.3. The van der Waals surface area contributed by atoms with Crippen LogP contribution in [0.3, 0.4) is 0 Å². The zero-order valence-electron chi connectivity index (χ0n) is 18.9. The van der Waals surface area contributed by atoms with E-state index in [1.807, 2.05) is 34.6 Å². The Bertz CT molecular complexity index is 1050. The molecule has 2 amide bonds.